The SMILES string of the molecule is CCN1CCN(C(=O)[C@@H](C)Oc2cccc(Br)c2)CC1. The Kier molecular flexibility index (Phi) is 5.43. The molecule has 5 heteroatoms. The molecule has 1 aromatic rings. The summed E-state index contributed by atoms with van der Waals surface area (Å²) in [6.45, 7) is 8.49. The van der Waals surface area contributed by atoms with Crippen molar-refractivity contribution in [1.29, 1.82) is 0 Å². The van der Waals surface area contributed by atoms with Crippen molar-refractivity contribution in [2.24, 2.45) is 0 Å². The first-order valence-electron chi connectivity index (χ1n) is 7.03. The molecule has 0 saturated carbocycles. The maximum atomic E-state index is 12.4. The van der Waals surface area contributed by atoms with E-state index in [4.69, 9.17) is 4.74 Å². The average Bonchev–Trinajstić information content (AvgIpc) is 2.46. The van der Waals surface area contributed by atoms with Crippen molar-refractivity contribution in [2.75, 3.05) is 32.7 Å². The zero-order chi connectivity index (χ0) is 14.5. The van der Waals surface area contributed by atoms with E-state index in [9.17, 15) is 4.79 Å². The quantitative estimate of drug-likeness (QED) is 0.843. The molecular weight excluding hydrogens is 320 g/mol. The van der Waals surface area contributed by atoms with Crippen molar-refractivity contribution in [3.8, 4) is 5.75 Å². The first-order valence-corrected chi connectivity index (χ1v) is 7.83. The van der Waals surface area contributed by atoms with Crippen molar-refractivity contribution in [2.45, 2.75) is 20.0 Å². The Labute approximate surface area is 128 Å². The second-order valence-corrected chi connectivity index (χ2v) is 5.89. The monoisotopic (exact) mass is 340 g/mol. The smallest absolute Gasteiger partial charge is 0.263 e. The fourth-order valence-electron chi connectivity index (χ4n) is 2.34. The van der Waals surface area contributed by atoms with Gasteiger partial charge in [-0.1, -0.05) is 28.9 Å². The molecule has 0 unspecified atom stereocenters. The van der Waals surface area contributed by atoms with E-state index in [2.05, 4.69) is 27.8 Å². The highest BCUT2D eigenvalue weighted by Gasteiger charge is 2.25. The minimum atomic E-state index is -0.447. The molecule has 110 valence electrons. The predicted molar refractivity (Wildman–Crippen MR) is 82.9 cm³/mol. The summed E-state index contributed by atoms with van der Waals surface area (Å²) in [5, 5.41) is 0. The number of amides is 1. The van der Waals surface area contributed by atoms with Crippen LogP contribution in [0.2, 0.25) is 0 Å². The molecular formula is C15H21BrN2O2. The number of carbonyl (C=O) groups excluding carboxylic acids is 1. The molecule has 0 aliphatic carbocycles. The standard InChI is InChI=1S/C15H21BrN2O2/c1-3-17-7-9-18(10-8-17)15(19)12(2)20-14-6-4-5-13(16)11-14/h4-6,11-12H,3,7-10H2,1-2H3/t12-/m1/s1. The van der Waals surface area contributed by atoms with Gasteiger partial charge >= 0.3 is 0 Å². The molecule has 0 aromatic heterocycles. The van der Waals surface area contributed by atoms with Gasteiger partial charge in [0, 0.05) is 30.7 Å². The number of nitrogens with zero attached hydrogens (tertiary/aromatic N) is 2. The van der Waals surface area contributed by atoms with Crippen LogP contribution in [0.3, 0.4) is 0 Å². The summed E-state index contributed by atoms with van der Waals surface area (Å²) >= 11 is 3.40. The summed E-state index contributed by atoms with van der Waals surface area (Å²) in [4.78, 5) is 16.6. The lowest BCUT2D eigenvalue weighted by Crippen LogP contribution is -2.51. The summed E-state index contributed by atoms with van der Waals surface area (Å²) in [7, 11) is 0. The second-order valence-electron chi connectivity index (χ2n) is 4.98. The van der Waals surface area contributed by atoms with Crippen LogP contribution in [-0.2, 0) is 4.79 Å². The Hall–Kier alpha value is -1.07. The molecule has 4 nitrogen and oxygen atoms in total. The Bertz CT molecular complexity index is 459. The van der Waals surface area contributed by atoms with Crippen LogP contribution in [0.4, 0.5) is 0 Å². The lowest BCUT2D eigenvalue weighted by Gasteiger charge is -2.35. The molecule has 0 spiro atoms. The number of ether oxygens (including phenoxy) is 1. The van der Waals surface area contributed by atoms with Gasteiger partial charge in [-0.15, -0.1) is 0 Å². The zero-order valence-electron chi connectivity index (χ0n) is 12.0. The minimum Gasteiger partial charge on any atom is -0.481 e. The Morgan fingerprint density at radius 2 is 2.05 bits per heavy atom. The number of carbonyl (C=O) groups is 1. The summed E-state index contributed by atoms with van der Waals surface area (Å²) in [6.07, 6.45) is -0.447. The maximum absolute atomic E-state index is 12.4. The van der Waals surface area contributed by atoms with Gasteiger partial charge in [-0.05, 0) is 31.7 Å². The number of likely N-dealkylation sites (N-methyl/N-ethyl adjacent to an activating group) is 1. The normalized spacial score (nSPS) is 17.9. The topological polar surface area (TPSA) is 32.8 Å². The number of hydrogen-bond acceptors (Lipinski definition) is 3. The summed E-state index contributed by atoms with van der Waals surface area (Å²) in [5.41, 5.74) is 0. The molecule has 0 radical (unpaired) electrons. The third-order valence-corrected chi connectivity index (χ3v) is 4.08. The third-order valence-electron chi connectivity index (χ3n) is 3.59. The summed E-state index contributed by atoms with van der Waals surface area (Å²) in [5.74, 6) is 0.785. The van der Waals surface area contributed by atoms with Gasteiger partial charge in [0.25, 0.3) is 5.91 Å². The molecule has 0 N–H and O–H groups in total. The molecule has 1 heterocycles. The molecule has 1 fully saturated rings. The van der Waals surface area contributed by atoms with Crippen molar-refractivity contribution in [1.82, 2.24) is 9.80 Å². The molecule has 1 aliphatic heterocycles. The predicted octanol–water partition coefficient (Wildman–Crippen LogP) is 2.38. The lowest BCUT2D eigenvalue weighted by molar-refractivity contribution is -0.139. The van der Waals surface area contributed by atoms with Gasteiger partial charge in [-0.25, -0.2) is 0 Å². The molecule has 0 bridgehead atoms. The molecule has 1 aromatic carbocycles. The van der Waals surface area contributed by atoms with E-state index in [-0.39, 0.29) is 5.91 Å². The van der Waals surface area contributed by atoms with Crippen molar-refractivity contribution >= 4 is 21.8 Å². The highest BCUT2D eigenvalue weighted by atomic mass is 79.9. The first-order chi connectivity index (χ1) is 9.60. The number of benzene rings is 1. The minimum absolute atomic E-state index is 0.0701. The van der Waals surface area contributed by atoms with Crippen molar-refractivity contribution < 1.29 is 9.53 Å². The first kappa shape index (κ1) is 15.3. The number of hydrogen-bond donors (Lipinski definition) is 0. The maximum Gasteiger partial charge on any atom is 0.263 e. The van der Waals surface area contributed by atoms with E-state index in [0.29, 0.717) is 5.75 Å². The van der Waals surface area contributed by atoms with Crippen LogP contribution < -0.4 is 4.74 Å². The highest BCUT2D eigenvalue weighted by Crippen LogP contribution is 2.19. The van der Waals surface area contributed by atoms with Crippen LogP contribution >= 0.6 is 15.9 Å². The number of piperazine rings is 1. The molecule has 1 aliphatic rings. The molecule has 2 rings (SSSR count). The lowest BCUT2D eigenvalue weighted by atomic mass is 10.2. The van der Waals surface area contributed by atoms with Gasteiger partial charge in [-0.2, -0.15) is 0 Å². The van der Waals surface area contributed by atoms with Crippen LogP contribution in [0.5, 0.6) is 5.75 Å². The summed E-state index contributed by atoms with van der Waals surface area (Å²) in [6, 6.07) is 7.57. The largest absolute Gasteiger partial charge is 0.481 e. The summed E-state index contributed by atoms with van der Waals surface area (Å²) < 4.78 is 6.68. The van der Waals surface area contributed by atoms with Crippen LogP contribution in [0.25, 0.3) is 0 Å². The van der Waals surface area contributed by atoms with Crippen LogP contribution in [0, 0.1) is 0 Å². The molecule has 1 saturated heterocycles. The van der Waals surface area contributed by atoms with Crippen LogP contribution in [0.15, 0.2) is 28.7 Å². The van der Waals surface area contributed by atoms with Gasteiger partial charge in [0.1, 0.15) is 5.75 Å². The molecule has 1 atom stereocenters. The Morgan fingerprint density at radius 3 is 2.65 bits per heavy atom. The number of rotatable bonds is 4. The molecule has 20 heavy (non-hydrogen) atoms. The van der Waals surface area contributed by atoms with Gasteiger partial charge < -0.3 is 14.5 Å². The van der Waals surface area contributed by atoms with Crippen molar-refractivity contribution in [3.05, 3.63) is 28.7 Å². The van der Waals surface area contributed by atoms with Gasteiger partial charge in [0.05, 0.1) is 0 Å². The van der Waals surface area contributed by atoms with Gasteiger partial charge in [0.2, 0.25) is 0 Å². The zero-order valence-corrected chi connectivity index (χ0v) is 13.6. The van der Waals surface area contributed by atoms with E-state index in [0.717, 1.165) is 37.2 Å². The van der Waals surface area contributed by atoms with Gasteiger partial charge in [0.15, 0.2) is 6.10 Å². The van der Waals surface area contributed by atoms with E-state index in [1.165, 1.54) is 0 Å². The second kappa shape index (κ2) is 7.09. The van der Waals surface area contributed by atoms with Crippen molar-refractivity contribution in [3.63, 3.8) is 0 Å². The Morgan fingerprint density at radius 1 is 1.35 bits per heavy atom. The van der Waals surface area contributed by atoms with Crippen LogP contribution in [-0.4, -0.2) is 54.5 Å². The van der Waals surface area contributed by atoms with E-state index in [1.54, 1.807) is 0 Å². The van der Waals surface area contributed by atoms with Crippen LogP contribution in [0.1, 0.15) is 13.8 Å². The highest BCUT2D eigenvalue weighted by molar-refractivity contribution is 9.10. The fourth-order valence-corrected chi connectivity index (χ4v) is 2.71. The van der Waals surface area contributed by atoms with Gasteiger partial charge in [-0.3, -0.25) is 4.79 Å². The van der Waals surface area contributed by atoms with E-state index < -0.39 is 6.10 Å². The fraction of sp³-hybridized carbons (Fsp3) is 0.533. The van der Waals surface area contributed by atoms with E-state index >= 15 is 0 Å². The third kappa shape index (κ3) is 3.96. The average molecular weight is 341 g/mol. The Balaban J connectivity index is 1.89. The molecule has 1 amide bonds. The number of halogens is 1. The van der Waals surface area contributed by atoms with E-state index in [1.807, 2.05) is 36.1 Å².